The molecule has 8 aromatic rings. The Morgan fingerprint density at radius 3 is 2.07 bits per heavy atom. The molecule has 3 heterocycles. The van der Waals surface area contributed by atoms with E-state index in [1.54, 1.807) is 0 Å². The molecule has 0 aliphatic heterocycles. The molecule has 0 saturated heterocycles. The van der Waals surface area contributed by atoms with Gasteiger partial charge < -0.3 is 4.42 Å². The third-order valence-corrected chi connectivity index (χ3v) is 12.8. The van der Waals surface area contributed by atoms with Crippen molar-refractivity contribution in [2.75, 3.05) is 0 Å². The summed E-state index contributed by atoms with van der Waals surface area (Å²) in [4.78, 5) is 20.5. The van der Waals surface area contributed by atoms with E-state index in [4.69, 9.17) is 24.4 Å². The Balaban J connectivity index is 1.07. The lowest BCUT2D eigenvalue weighted by atomic mass is 9.84. The van der Waals surface area contributed by atoms with Gasteiger partial charge >= 0.3 is 0 Å². The average molecular weight is 787 g/mol. The first-order valence-electron chi connectivity index (χ1n) is 21.6. The van der Waals surface area contributed by atoms with Crippen LogP contribution in [0.5, 0.6) is 0 Å². The van der Waals surface area contributed by atoms with E-state index in [-0.39, 0.29) is 11.8 Å². The maximum absolute atomic E-state index is 7.29. The molecule has 0 amide bonds. The lowest BCUT2D eigenvalue weighted by Crippen LogP contribution is -2.30. The van der Waals surface area contributed by atoms with Crippen molar-refractivity contribution in [1.29, 1.82) is 0 Å². The van der Waals surface area contributed by atoms with Crippen molar-refractivity contribution in [3.05, 3.63) is 191 Å². The van der Waals surface area contributed by atoms with Crippen LogP contribution in [0.15, 0.2) is 162 Å². The van der Waals surface area contributed by atoms with E-state index in [2.05, 4.69) is 170 Å². The number of hydrogen-bond donors (Lipinski definition) is 0. The van der Waals surface area contributed by atoms with Gasteiger partial charge in [-0.25, -0.2) is 19.9 Å². The van der Waals surface area contributed by atoms with Crippen molar-refractivity contribution in [3.8, 4) is 22.7 Å². The van der Waals surface area contributed by atoms with Gasteiger partial charge in [-0.1, -0.05) is 164 Å². The summed E-state index contributed by atoms with van der Waals surface area (Å²) in [6, 6.07) is 34.9. The average Bonchev–Trinajstić information content (AvgIpc) is 3.76. The molecular weight excluding hydrogens is 745 g/mol. The molecule has 4 aliphatic carbocycles. The summed E-state index contributed by atoms with van der Waals surface area (Å²) in [6.45, 7) is 0. The second-order valence-electron chi connectivity index (χ2n) is 16.5. The maximum atomic E-state index is 7.29. The lowest BCUT2D eigenvalue weighted by molar-refractivity contribution is 0.622. The van der Waals surface area contributed by atoms with Crippen LogP contribution in [0.4, 0.5) is 0 Å². The SMILES string of the molecule is C1=CCCC(c2nc3ccccc3c3c(C4C=c5c(c6ccccc6c6ccccc56)=CC4)c(-c4ccc(-c5nc(C6=CCCC=C6)nc(C6C=CC=CC6)n5)cc4)oc23)=C1. The summed E-state index contributed by atoms with van der Waals surface area (Å²) >= 11 is 0. The summed E-state index contributed by atoms with van der Waals surface area (Å²) in [5, 5.41) is 10.00. The van der Waals surface area contributed by atoms with Gasteiger partial charge in [0.15, 0.2) is 17.2 Å². The molecule has 5 aromatic carbocycles. The number of para-hydroxylation sites is 1. The summed E-state index contributed by atoms with van der Waals surface area (Å²) in [6.07, 6.45) is 32.3. The highest BCUT2D eigenvalue weighted by atomic mass is 16.3. The second-order valence-corrected chi connectivity index (χ2v) is 16.5. The summed E-state index contributed by atoms with van der Waals surface area (Å²) in [7, 11) is 0. The molecule has 61 heavy (non-hydrogen) atoms. The number of pyridine rings is 1. The van der Waals surface area contributed by atoms with E-state index < -0.39 is 0 Å². The molecule has 0 fully saturated rings. The van der Waals surface area contributed by atoms with Crippen LogP contribution in [0.1, 0.15) is 73.3 Å². The smallest absolute Gasteiger partial charge is 0.163 e. The first-order valence-corrected chi connectivity index (χ1v) is 21.6. The molecule has 0 saturated carbocycles. The van der Waals surface area contributed by atoms with Crippen molar-refractivity contribution >= 4 is 66.7 Å². The van der Waals surface area contributed by atoms with Crippen LogP contribution >= 0.6 is 0 Å². The number of benzene rings is 5. The second kappa shape index (κ2) is 14.8. The zero-order chi connectivity index (χ0) is 40.3. The molecule has 5 nitrogen and oxygen atoms in total. The van der Waals surface area contributed by atoms with Crippen LogP contribution in [-0.2, 0) is 0 Å². The van der Waals surface area contributed by atoms with Gasteiger partial charge in [0.05, 0.1) is 5.52 Å². The molecule has 2 atom stereocenters. The van der Waals surface area contributed by atoms with Gasteiger partial charge in [-0.15, -0.1) is 0 Å². The maximum Gasteiger partial charge on any atom is 0.163 e. The topological polar surface area (TPSA) is 64.7 Å². The van der Waals surface area contributed by atoms with Crippen LogP contribution in [-0.4, -0.2) is 19.9 Å². The number of fused-ring (bicyclic) bond motifs is 9. The van der Waals surface area contributed by atoms with Gasteiger partial charge in [0.25, 0.3) is 0 Å². The molecule has 292 valence electrons. The van der Waals surface area contributed by atoms with Crippen LogP contribution in [0.25, 0.3) is 89.4 Å². The van der Waals surface area contributed by atoms with Crippen LogP contribution in [0.2, 0.25) is 0 Å². The number of hydrogen-bond acceptors (Lipinski definition) is 5. The highest BCUT2D eigenvalue weighted by Gasteiger charge is 2.29. The van der Waals surface area contributed by atoms with E-state index in [1.165, 1.54) is 43.1 Å². The normalized spacial score (nSPS) is 18.3. The van der Waals surface area contributed by atoms with Gasteiger partial charge in [-0.05, 0) is 82.1 Å². The third-order valence-electron chi connectivity index (χ3n) is 12.8. The molecule has 0 spiro atoms. The number of allylic oxidation sites excluding steroid dienone is 12. The molecule has 0 radical (unpaired) electrons. The number of furan rings is 1. The molecule has 0 N–H and O–H groups in total. The molecule has 5 heteroatoms. The number of aromatic nitrogens is 4. The standard InChI is InChI=1S/C56H42N4O/c1-4-16-35(17-5-1)51-53-50(46-26-14-15-27-48(46)57-51)49(40-32-33-45-43-24-11-10-22-41(43)42-23-12-13-25-44(42)47(45)34-40)52(61-53)36-28-30-39(31-29-36)56-59-54(37-18-6-2-7-19-37)58-55(60-56)38-20-8-3-9-21-38/h1-2,4,6-8,10-16,18,20-31,33-34,37,40H,3,5,9,17,19,32H2. The Morgan fingerprint density at radius 2 is 1.31 bits per heavy atom. The minimum atomic E-state index is 0.0509. The fraction of sp³-hybridized carbons (Fsp3) is 0.143. The summed E-state index contributed by atoms with van der Waals surface area (Å²) in [5.41, 5.74) is 8.18. The molecule has 0 bridgehead atoms. The number of rotatable bonds is 6. The van der Waals surface area contributed by atoms with Crippen molar-refractivity contribution in [2.45, 2.75) is 50.4 Å². The van der Waals surface area contributed by atoms with Crippen molar-refractivity contribution in [2.24, 2.45) is 0 Å². The fourth-order valence-corrected chi connectivity index (χ4v) is 9.87. The van der Waals surface area contributed by atoms with Gasteiger partial charge in [-0.2, -0.15) is 0 Å². The van der Waals surface area contributed by atoms with Crippen molar-refractivity contribution in [1.82, 2.24) is 19.9 Å². The summed E-state index contributed by atoms with van der Waals surface area (Å²) < 4.78 is 7.29. The van der Waals surface area contributed by atoms with Gasteiger partial charge in [0.1, 0.15) is 17.3 Å². The Kier molecular flexibility index (Phi) is 8.65. The van der Waals surface area contributed by atoms with Crippen LogP contribution in [0.3, 0.4) is 0 Å². The predicted octanol–water partition coefficient (Wildman–Crippen LogP) is 12.6. The lowest BCUT2D eigenvalue weighted by Gasteiger charge is -2.19. The molecule has 2 unspecified atom stereocenters. The fourth-order valence-electron chi connectivity index (χ4n) is 9.87. The quantitative estimate of drug-likeness (QED) is 0.157. The monoisotopic (exact) mass is 786 g/mol. The van der Waals surface area contributed by atoms with E-state index in [9.17, 15) is 0 Å². The van der Waals surface area contributed by atoms with E-state index in [0.717, 1.165) is 100 Å². The van der Waals surface area contributed by atoms with Gasteiger partial charge in [0, 0.05) is 44.9 Å². The highest BCUT2D eigenvalue weighted by molar-refractivity contribution is 6.12. The zero-order valence-corrected chi connectivity index (χ0v) is 33.8. The summed E-state index contributed by atoms with van der Waals surface area (Å²) in [5.74, 6) is 3.24. The predicted molar refractivity (Wildman–Crippen MR) is 251 cm³/mol. The van der Waals surface area contributed by atoms with Crippen LogP contribution in [0, 0.1) is 0 Å². The first kappa shape index (κ1) is 35.7. The zero-order valence-electron chi connectivity index (χ0n) is 33.8. The molecule has 4 aliphatic rings. The van der Waals surface area contributed by atoms with E-state index in [1.807, 2.05) is 0 Å². The van der Waals surface area contributed by atoms with Crippen molar-refractivity contribution < 1.29 is 4.42 Å². The third kappa shape index (κ3) is 6.14. The molecule has 3 aromatic heterocycles. The Morgan fingerprint density at radius 1 is 0.557 bits per heavy atom. The molecule has 12 rings (SSSR count). The van der Waals surface area contributed by atoms with Crippen LogP contribution < -0.4 is 10.4 Å². The Bertz CT molecular complexity index is 3430. The molecular formula is C56H42N4O. The van der Waals surface area contributed by atoms with Crippen molar-refractivity contribution in [3.63, 3.8) is 0 Å². The minimum absolute atomic E-state index is 0.0509. The van der Waals surface area contributed by atoms with Gasteiger partial charge in [0.2, 0.25) is 0 Å². The highest BCUT2D eigenvalue weighted by Crippen LogP contribution is 2.46. The number of nitrogens with zero attached hydrogens (tertiary/aromatic N) is 4. The Hall–Kier alpha value is -7.24. The van der Waals surface area contributed by atoms with E-state index in [0.29, 0.717) is 5.82 Å². The first-order chi connectivity index (χ1) is 30.2. The minimum Gasteiger partial charge on any atom is -0.453 e. The van der Waals surface area contributed by atoms with Gasteiger partial charge in [-0.3, -0.25) is 0 Å². The Labute approximate surface area is 353 Å². The van der Waals surface area contributed by atoms with E-state index >= 15 is 0 Å². The largest absolute Gasteiger partial charge is 0.453 e.